The first-order valence-corrected chi connectivity index (χ1v) is 9.89. The van der Waals surface area contributed by atoms with Crippen molar-refractivity contribution < 1.29 is 28.9 Å². The topological polar surface area (TPSA) is 106 Å². The molecule has 0 aliphatic carbocycles. The molecule has 2 N–H and O–H groups in total. The van der Waals surface area contributed by atoms with Crippen LogP contribution in [0.3, 0.4) is 0 Å². The van der Waals surface area contributed by atoms with E-state index in [0.717, 1.165) is 9.13 Å². The third-order valence-corrected chi connectivity index (χ3v) is 4.31. The van der Waals surface area contributed by atoms with E-state index in [1.165, 1.54) is 12.1 Å². The second-order valence-electron chi connectivity index (χ2n) is 5.61. The second-order valence-corrected chi connectivity index (χ2v) is 6.77. The van der Waals surface area contributed by atoms with Crippen molar-refractivity contribution in [3.8, 4) is 11.5 Å². The van der Waals surface area contributed by atoms with E-state index >= 15 is 0 Å². The number of anilines is 1. The van der Waals surface area contributed by atoms with Crippen LogP contribution in [0, 0.1) is 3.57 Å². The van der Waals surface area contributed by atoms with Crippen molar-refractivity contribution in [1.82, 2.24) is 0 Å². The number of benzene rings is 2. The molecule has 0 atom stereocenters. The van der Waals surface area contributed by atoms with Gasteiger partial charge < -0.3 is 19.3 Å². The molecule has 2 aromatic rings. The molecule has 154 valence electrons. The van der Waals surface area contributed by atoms with Crippen molar-refractivity contribution in [3.05, 3.63) is 51.1 Å². The smallest absolute Gasteiger partial charge is 0.344 e. The molecule has 0 heterocycles. The number of nitrogens with zero attached hydrogens (tertiary/aromatic N) is 1. The molecule has 8 nitrogen and oxygen atoms in total. The number of carbonyl (C=O) groups is 2. The molecule has 0 saturated heterocycles. The minimum Gasteiger partial charge on any atom is -0.490 e. The van der Waals surface area contributed by atoms with Crippen molar-refractivity contribution in [2.45, 2.75) is 13.8 Å². The maximum atomic E-state index is 11.5. The van der Waals surface area contributed by atoms with Gasteiger partial charge in [0, 0.05) is 0 Å². The van der Waals surface area contributed by atoms with Crippen LogP contribution in [-0.2, 0) is 9.53 Å². The molecule has 0 fully saturated rings. The van der Waals surface area contributed by atoms with Gasteiger partial charge in [-0.25, -0.2) is 9.59 Å². The Hall–Kier alpha value is -2.82. The Morgan fingerprint density at radius 3 is 2.48 bits per heavy atom. The first-order valence-electron chi connectivity index (χ1n) is 8.81. The van der Waals surface area contributed by atoms with Crippen LogP contribution in [0.1, 0.15) is 29.8 Å². The number of rotatable bonds is 10. The molecule has 9 heteroatoms. The summed E-state index contributed by atoms with van der Waals surface area (Å²) in [5.41, 5.74) is 4.46. The van der Waals surface area contributed by atoms with Crippen LogP contribution >= 0.6 is 22.6 Å². The second kappa shape index (κ2) is 11.2. The number of hydrogen-bond acceptors (Lipinski definition) is 7. The Labute approximate surface area is 182 Å². The number of ether oxygens (including phenoxy) is 3. The first kappa shape index (κ1) is 22.5. The van der Waals surface area contributed by atoms with Crippen molar-refractivity contribution in [2.75, 3.05) is 25.2 Å². The molecule has 0 aromatic heterocycles. The van der Waals surface area contributed by atoms with Crippen LogP contribution in [0.25, 0.3) is 0 Å². The summed E-state index contributed by atoms with van der Waals surface area (Å²) in [7, 11) is 0. The molecule has 0 aliphatic heterocycles. The summed E-state index contributed by atoms with van der Waals surface area (Å²) in [5.74, 6) is -0.469. The fraction of sp³-hybridized carbons (Fsp3) is 0.250. The van der Waals surface area contributed by atoms with E-state index in [4.69, 9.17) is 19.3 Å². The minimum atomic E-state index is -0.983. The molecular weight excluding hydrogens is 491 g/mol. The summed E-state index contributed by atoms with van der Waals surface area (Å²) < 4.78 is 16.8. The third-order valence-electron chi connectivity index (χ3n) is 3.51. The quantitative estimate of drug-likeness (QED) is 0.216. The Morgan fingerprint density at radius 2 is 1.86 bits per heavy atom. The lowest BCUT2D eigenvalue weighted by Gasteiger charge is -2.14. The molecule has 2 aromatic carbocycles. The van der Waals surface area contributed by atoms with E-state index in [-0.39, 0.29) is 12.2 Å². The number of esters is 1. The summed E-state index contributed by atoms with van der Waals surface area (Å²) in [6.45, 7) is 4.10. The molecule has 0 spiro atoms. The van der Waals surface area contributed by atoms with Crippen molar-refractivity contribution >= 4 is 46.4 Å². The fourth-order valence-corrected chi connectivity index (χ4v) is 3.05. The third kappa shape index (κ3) is 6.93. The summed E-state index contributed by atoms with van der Waals surface area (Å²) in [5, 5.41) is 13.1. The number of hydrazone groups is 1. The Morgan fingerprint density at radius 1 is 1.14 bits per heavy atom. The standard InChI is InChI=1S/C20H21IN2O6/c1-3-27-17-10-13(9-16(21)19(17)29-12-18(24)28-4-2)11-22-23-15-7-5-14(6-8-15)20(25)26/h5-11,23H,3-4,12H2,1-2H3,(H,25,26)/b22-11+. The number of carboxylic acids is 1. The van der Waals surface area contributed by atoms with Gasteiger partial charge in [0.05, 0.1) is 34.2 Å². The molecule has 0 aliphatic rings. The van der Waals surface area contributed by atoms with Gasteiger partial charge in [0.2, 0.25) is 0 Å². The van der Waals surface area contributed by atoms with Crippen LogP contribution in [-0.4, -0.2) is 43.1 Å². The lowest BCUT2D eigenvalue weighted by molar-refractivity contribution is -0.145. The molecule has 0 unspecified atom stereocenters. The van der Waals surface area contributed by atoms with E-state index in [2.05, 4.69) is 33.1 Å². The largest absolute Gasteiger partial charge is 0.490 e. The number of hydrogen-bond donors (Lipinski definition) is 2. The van der Waals surface area contributed by atoms with Gasteiger partial charge in [-0.15, -0.1) is 0 Å². The Kier molecular flexibility index (Phi) is 8.71. The number of nitrogens with one attached hydrogen (secondary N) is 1. The monoisotopic (exact) mass is 512 g/mol. The fourth-order valence-electron chi connectivity index (χ4n) is 2.27. The maximum absolute atomic E-state index is 11.5. The van der Waals surface area contributed by atoms with Gasteiger partial charge in [0.1, 0.15) is 0 Å². The van der Waals surface area contributed by atoms with Crippen molar-refractivity contribution in [2.24, 2.45) is 5.10 Å². The highest BCUT2D eigenvalue weighted by Gasteiger charge is 2.14. The Bertz CT molecular complexity index is 883. The van der Waals surface area contributed by atoms with E-state index in [0.29, 0.717) is 30.4 Å². The molecule has 29 heavy (non-hydrogen) atoms. The van der Waals surface area contributed by atoms with Crippen LogP contribution in [0.15, 0.2) is 41.5 Å². The van der Waals surface area contributed by atoms with Crippen molar-refractivity contribution in [3.63, 3.8) is 0 Å². The zero-order chi connectivity index (χ0) is 21.2. The van der Waals surface area contributed by atoms with Gasteiger partial charge in [-0.3, -0.25) is 5.43 Å². The molecule has 0 radical (unpaired) electrons. The lowest BCUT2D eigenvalue weighted by Crippen LogP contribution is -2.15. The molecule has 0 amide bonds. The van der Waals surface area contributed by atoms with E-state index in [1.54, 1.807) is 31.3 Å². The van der Waals surface area contributed by atoms with E-state index in [9.17, 15) is 9.59 Å². The first-order chi connectivity index (χ1) is 13.9. The summed E-state index contributed by atoms with van der Waals surface area (Å²) in [4.78, 5) is 22.4. The number of aromatic carboxylic acids is 1. The van der Waals surface area contributed by atoms with Gasteiger partial charge in [-0.05, 0) is 78.4 Å². The highest BCUT2D eigenvalue weighted by Crippen LogP contribution is 2.34. The predicted octanol–water partition coefficient (Wildman–Crippen LogP) is 3.78. The van der Waals surface area contributed by atoms with E-state index in [1.807, 2.05) is 13.0 Å². The van der Waals surface area contributed by atoms with Crippen molar-refractivity contribution in [1.29, 1.82) is 0 Å². The number of halogens is 1. The summed E-state index contributed by atoms with van der Waals surface area (Å²) >= 11 is 2.10. The highest BCUT2D eigenvalue weighted by molar-refractivity contribution is 14.1. The Balaban J connectivity index is 2.11. The zero-order valence-corrected chi connectivity index (χ0v) is 18.1. The summed E-state index contributed by atoms with van der Waals surface area (Å²) in [6, 6.07) is 9.83. The van der Waals surface area contributed by atoms with Crippen LogP contribution < -0.4 is 14.9 Å². The maximum Gasteiger partial charge on any atom is 0.344 e. The highest BCUT2D eigenvalue weighted by atomic mass is 127. The van der Waals surface area contributed by atoms with Crippen LogP contribution in [0.5, 0.6) is 11.5 Å². The molecule has 0 saturated carbocycles. The van der Waals surface area contributed by atoms with Gasteiger partial charge in [0.25, 0.3) is 0 Å². The number of carboxylic acid groups (broad SMARTS) is 1. The van der Waals surface area contributed by atoms with Gasteiger partial charge in [-0.2, -0.15) is 5.10 Å². The van der Waals surface area contributed by atoms with E-state index < -0.39 is 11.9 Å². The average Bonchev–Trinajstić information content (AvgIpc) is 2.68. The average molecular weight is 512 g/mol. The molecular formula is C20H21IN2O6. The minimum absolute atomic E-state index is 0.203. The van der Waals surface area contributed by atoms with Gasteiger partial charge in [-0.1, -0.05) is 0 Å². The molecule has 0 bridgehead atoms. The number of carbonyl (C=O) groups excluding carboxylic acids is 1. The molecule has 2 rings (SSSR count). The summed E-state index contributed by atoms with van der Waals surface area (Å²) in [6.07, 6.45) is 1.60. The SMILES string of the molecule is CCOC(=O)COc1c(I)cc(/C=N/Nc2ccc(C(=O)O)cc2)cc1OCC. The van der Waals surface area contributed by atoms with Gasteiger partial charge in [0.15, 0.2) is 18.1 Å². The lowest BCUT2D eigenvalue weighted by atomic mass is 10.2. The van der Waals surface area contributed by atoms with Crippen LogP contribution in [0.4, 0.5) is 5.69 Å². The zero-order valence-electron chi connectivity index (χ0n) is 16.0. The van der Waals surface area contributed by atoms with Gasteiger partial charge >= 0.3 is 11.9 Å². The predicted molar refractivity (Wildman–Crippen MR) is 117 cm³/mol. The van der Waals surface area contributed by atoms with Crippen LogP contribution in [0.2, 0.25) is 0 Å². The normalized spacial score (nSPS) is 10.6.